The molecule has 0 aliphatic rings. The fourth-order valence-corrected chi connectivity index (χ4v) is 4.98. The van der Waals surface area contributed by atoms with Gasteiger partial charge in [0, 0.05) is 22.6 Å². The van der Waals surface area contributed by atoms with Crippen LogP contribution in [0.3, 0.4) is 0 Å². The van der Waals surface area contributed by atoms with Crippen LogP contribution in [0.5, 0.6) is 0 Å². The van der Waals surface area contributed by atoms with Gasteiger partial charge in [-0.15, -0.1) is 0 Å². The molecule has 0 aliphatic heterocycles. The molecule has 0 atom stereocenters. The number of amides is 1. The zero-order valence-corrected chi connectivity index (χ0v) is 18.7. The smallest absolute Gasteiger partial charge is 0.243 e. The second-order valence-corrected chi connectivity index (χ2v) is 9.66. The molecule has 4 aromatic rings. The quantitative estimate of drug-likeness (QED) is 0.402. The monoisotopic (exact) mass is 464 g/mol. The van der Waals surface area contributed by atoms with E-state index in [2.05, 4.69) is 5.32 Å². The van der Waals surface area contributed by atoms with Crippen molar-refractivity contribution in [1.82, 2.24) is 4.31 Å². The summed E-state index contributed by atoms with van der Waals surface area (Å²) in [5.41, 5.74) is 1.36. The van der Waals surface area contributed by atoms with Gasteiger partial charge < -0.3 is 5.32 Å². The third-order valence-electron chi connectivity index (χ3n) is 5.04. The van der Waals surface area contributed by atoms with Crippen LogP contribution in [0.4, 0.5) is 5.69 Å². The van der Waals surface area contributed by atoms with Crippen molar-refractivity contribution in [1.29, 1.82) is 0 Å². The summed E-state index contributed by atoms with van der Waals surface area (Å²) in [5.74, 6) is -0.421. The number of nitrogens with one attached hydrogen (secondary N) is 1. The lowest BCUT2D eigenvalue weighted by molar-refractivity contribution is -0.116. The van der Waals surface area contributed by atoms with Crippen molar-refractivity contribution in [3.63, 3.8) is 0 Å². The lowest BCUT2D eigenvalue weighted by atomic mass is 10.1. The normalized spacial score (nSPS) is 11.6. The third-order valence-corrected chi connectivity index (χ3v) is 7.09. The Hall–Kier alpha value is -3.19. The van der Waals surface area contributed by atoms with E-state index in [1.54, 1.807) is 48.5 Å². The largest absolute Gasteiger partial charge is 0.324 e. The van der Waals surface area contributed by atoms with Crippen LogP contribution in [0.15, 0.2) is 102 Å². The first-order valence-electron chi connectivity index (χ1n) is 10.0. The van der Waals surface area contributed by atoms with Gasteiger partial charge in [0.15, 0.2) is 0 Å². The zero-order chi connectivity index (χ0) is 22.6. The summed E-state index contributed by atoms with van der Waals surface area (Å²) in [5, 5.41) is 5.30. The molecule has 4 aromatic carbocycles. The molecule has 0 heterocycles. The fourth-order valence-electron chi connectivity index (χ4n) is 3.45. The van der Waals surface area contributed by atoms with E-state index in [0.717, 1.165) is 16.3 Å². The van der Waals surface area contributed by atoms with Crippen molar-refractivity contribution in [2.24, 2.45) is 0 Å². The van der Waals surface area contributed by atoms with Crippen molar-refractivity contribution in [2.75, 3.05) is 11.9 Å². The highest BCUT2D eigenvalue weighted by Gasteiger charge is 2.27. The zero-order valence-electron chi connectivity index (χ0n) is 17.1. The van der Waals surface area contributed by atoms with Crippen molar-refractivity contribution in [3.8, 4) is 0 Å². The van der Waals surface area contributed by atoms with E-state index in [1.165, 1.54) is 16.4 Å². The molecule has 1 amide bonds. The summed E-state index contributed by atoms with van der Waals surface area (Å²) < 4.78 is 27.8. The Morgan fingerprint density at radius 2 is 1.47 bits per heavy atom. The first kappa shape index (κ1) is 22.0. The molecule has 4 rings (SSSR count). The van der Waals surface area contributed by atoms with Crippen LogP contribution < -0.4 is 5.32 Å². The molecule has 0 aromatic heterocycles. The average molecular weight is 465 g/mol. The van der Waals surface area contributed by atoms with Gasteiger partial charge in [0.05, 0.1) is 11.4 Å². The fraction of sp³-hybridized carbons (Fsp3) is 0.0800. The summed E-state index contributed by atoms with van der Waals surface area (Å²) in [6.07, 6.45) is 0. The number of nitrogens with zero attached hydrogens (tertiary/aromatic N) is 1. The first-order chi connectivity index (χ1) is 15.4. The van der Waals surface area contributed by atoms with E-state index in [-0.39, 0.29) is 18.0 Å². The van der Waals surface area contributed by atoms with Gasteiger partial charge in [0.25, 0.3) is 0 Å². The molecule has 0 aliphatic carbocycles. The Bertz CT molecular complexity index is 1340. The van der Waals surface area contributed by atoms with Gasteiger partial charge in [0.2, 0.25) is 15.9 Å². The number of hydrogen-bond donors (Lipinski definition) is 1. The molecule has 0 unspecified atom stereocenters. The molecule has 7 heteroatoms. The number of rotatable bonds is 7. The summed E-state index contributed by atoms with van der Waals surface area (Å²) in [7, 11) is -3.90. The van der Waals surface area contributed by atoms with E-state index >= 15 is 0 Å². The lowest BCUT2D eigenvalue weighted by Crippen LogP contribution is -2.37. The highest BCUT2D eigenvalue weighted by Crippen LogP contribution is 2.24. The Balaban J connectivity index is 1.62. The maximum atomic E-state index is 13.3. The minimum atomic E-state index is -3.90. The third kappa shape index (κ3) is 4.99. The minimum absolute atomic E-state index is 0.0390. The summed E-state index contributed by atoms with van der Waals surface area (Å²) in [6.45, 7) is -0.291. The topological polar surface area (TPSA) is 66.5 Å². The molecular formula is C25H21ClN2O3S. The van der Waals surface area contributed by atoms with E-state index in [1.807, 2.05) is 36.4 Å². The number of fused-ring (bicyclic) bond motifs is 1. The highest BCUT2D eigenvalue weighted by atomic mass is 35.5. The number of halogens is 1. The molecule has 0 fully saturated rings. The number of hydrogen-bond acceptors (Lipinski definition) is 3. The predicted molar refractivity (Wildman–Crippen MR) is 128 cm³/mol. The van der Waals surface area contributed by atoms with Gasteiger partial charge >= 0.3 is 0 Å². The van der Waals surface area contributed by atoms with E-state index < -0.39 is 15.9 Å². The summed E-state index contributed by atoms with van der Waals surface area (Å²) in [4.78, 5) is 13.1. The van der Waals surface area contributed by atoms with Gasteiger partial charge in [0.1, 0.15) is 0 Å². The van der Waals surface area contributed by atoms with Gasteiger partial charge in [-0.05, 0) is 41.3 Å². The molecule has 0 bridgehead atoms. The Kier molecular flexibility index (Phi) is 6.55. The molecule has 162 valence electrons. The predicted octanol–water partition coefficient (Wildman–Crippen LogP) is 5.32. The lowest BCUT2D eigenvalue weighted by Gasteiger charge is -2.22. The van der Waals surface area contributed by atoms with Crippen molar-refractivity contribution < 1.29 is 13.2 Å². The van der Waals surface area contributed by atoms with E-state index in [0.29, 0.717) is 10.7 Å². The van der Waals surface area contributed by atoms with Gasteiger partial charge in [-0.1, -0.05) is 78.3 Å². The highest BCUT2D eigenvalue weighted by molar-refractivity contribution is 7.89. The molecular weight excluding hydrogens is 444 g/mol. The van der Waals surface area contributed by atoms with Crippen LogP contribution in [-0.4, -0.2) is 25.2 Å². The number of sulfonamides is 1. The first-order valence-corrected chi connectivity index (χ1v) is 11.8. The van der Waals surface area contributed by atoms with E-state index in [9.17, 15) is 13.2 Å². The molecule has 0 saturated carbocycles. The van der Waals surface area contributed by atoms with Crippen molar-refractivity contribution in [2.45, 2.75) is 11.4 Å². The standard InChI is InChI=1S/C25H21ClN2O3S/c26-21-15-13-19(14-16-21)17-28(32(30,31)22-9-2-1-3-10-22)18-25(29)27-24-12-6-8-20-7-4-5-11-23(20)24/h1-16H,17-18H2,(H,27,29). The van der Waals surface area contributed by atoms with Crippen molar-refractivity contribution in [3.05, 3.63) is 108 Å². The summed E-state index contributed by atoms with van der Waals surface area (Å²) in [6, 6.07) is 28.3. The van der Waals surface area contributed by atoms with Crippen LogP contribution in [0, 0.1) is 0 Å². The number of anilines is 1. The van der Waals surface area contributed by atoms with Crippen molar-refractivity contribution >= 4 is 44.0 Å². The molecule has 32 heavy (non-hydrogen) atoms. The second-order valence-electron chi connectivity index (χ2n) is 7.29. The minimum Gasteiger partial charge on any atom is -0.324 e. The number of carbonyl (C=O) groups excluding carboxylic acids is 1. The maximum absolute atomic E-state index is 13.3. The van der Waals surface area contributed by atoms with Gasteiger partial charge in [-0.2, -0.15) is 4.31 Å². The number of benzene rings is 4. The SMILES string of the molecule is O=C(CN(Cc1ccc(Cl)cc1)S(=O)(=O)c1ccccc1)Nc1cccc2ccccc12. The Morgan fingerprint density at radius 1 is 0.812 bits per heavy atom. The van der Waals surface area contributed by atoms with Gasteiger partial charge in [-0.25, -0.2) is 8.42 Å². The molecule has 0 saturated heterocycles. The maximum Gasteiger partial charge on any atom is 0.243 e. The molecule has 1 N–H and O–H groups in total. The Labute approximate surface area is 192 Å². The average Bonchev–Trinajstić information content (AvgIpc) is 2.81. The second kappa shape index (κ2) is 9.53. The summed E-state index contributed by atoms with van der Waals surface area (Å²) >= 11 is 5.96. The van der Waals surface area contributed by atoms with Gasteiger partial charge in [-0.3, -0.25) is 4.79 Å². The van der Waals surface area contributed by atoms with Crippen LogP contribution in [0.2, 0.25) is 5.02 Å². The van der Waals surface area contributed by atoms with Crippen LogP contribution >= 0.6 is 11.6 Å². The Morgan fingerprint density at radius 3 is 2.22 bits per heavy atom. The number of carbonyl (C=O) groups is 1. The molecule has 0 radical (unpaired) electrons. The van der Waals surface area contributed by atoms with Crippen LogP contribution in [0.1, 0.15) is 5.56 Å². The van der Waals surface area contributed by atoms with Crippen LogP contribution in [-0.2, 0) is 21.4 Å². The molecule has 5 nitrogen and oxygen atoms in total. The van der Waals surface area contributed by atoms with Crippen LogP contribution in [0.25, 0.3) is 10.8 Å². The van der Waals surface area contributed by atoms with E-state index in [4.69, 9.17) is 11.6 Å². The molecule has 0 spiro atoms.